The van der Waals surface area contributed by atoms with Gasteiger partial charge in [0.2, 0.25) is 0 Å². The fourth-order valence-corrected chi connectivity index (χ4v) is 2.36. The molecule has 0 spiro atoms. The highest BCUT2D eigenvalue weighted by Crippen LogP contribution is 2.33. The zero-order valence-electron chi connectivity index (χ0n) is 11.8. The van der Waals surface area contributed by atoms with Crippen LogP contribution in [0, 0.1) is 17.0 Å². The van der Waals surface area contributed by atoms with Gasteiger partial charge in [0.25, 0.3) is 5.69 Å². The van der Waals surface area contributed by atoms with E-state index < -0.39 is 4.92 Å². The molecule has 0 fully saturated rings. The minimum Gasteiger partial charge on any atom is -0.507 e. The quantitative estimate of drug-likeness (QED) is 0.592. The van der Waals surface area contributed by atoms with Crippen LogP contribution in [0.1, 0.15) is 5.69 Å². The van der Waals surface area contributed by atoms with Crippen LogP contribution in [0.3, 0.4) is 0 Å². The number of hydrogen-bond acceptors (Lipinski definition) is 4. The highest BCUT2D eigenvalue weighted by molar-refractivity contribution is 5.70. The number of aryl methyl sites for hydroxylation is 1. The average Bonchev–Trinajstić information content (AvgIpc) is 2.89. The summed E-state index contributed by atoms with van der Waals surface area (Å²) < 4.78 is 1.49. The average molecular weight is 295 g/mol. The predicted octanol–water partition coefficient (Wildman–Crippen LogP) is 3.46. The van der Waals surface area contributed by atoms with Crippen molar-refractivity contribution in [2.24, 2.45) is 0 Å². The molecule has 1 N–H and O–H groups in total. The van der Waals surface area contributed by atoms with E-state index in [2.05, 4.69) is 5.10 Å². The number of para-hydroxylation sites is 3. The molecule has 2 aromatic carbocycles. The van der Waals surface area contributed by atoms with Crippen LogP contribution in [-0.4, -0.2) is 19.8 Å². The van der Waals surface area contributed by atoms with E-state index in [4.69, 9.17) is 0 Å². The lowest BCUT2D eigenvalue weighted by Gasteiger charge is -2.09. The van der Waals surface area contributed by atoms with Crippen LogP contribution < -0.4 is 0 Å². The fourth-order valence-electron chi connectivity index (χ4n) is 2.36. The second-order valence-electron chi connectivity index (χ2n) is 4.85. The van der Waals surface area contributed by atoms with Crippen molar-refractivity contribution >= 4 is 5.69 Å². The summed E-state index contributed by atoms with van der Waals surface area (Å²) in [6.45, 7) is 1.80. The molecule has 0 saturated carbocycles. The third-order valence-corrected chi connectivity index (χ3v) is 3.32. The number of aromatic nitrogens is 2. The first-order valence-electron chi connectivity index (χ1n) is 6.67. The van der Waals surface area contributed by atoms with E-state index in [1.807, 2.05) is 0 Å². The number of hydrogen-bond donors (Lipinski definition) is 1. The van der Waals surface area contributed by atoms with Crippen molar-refractivity contribution in [1.29, 1.82) is 0 Å². The van der Waals surface area contributed by atoms with E-state index in [1.165, 1.54) is 10.7 Å². The van der Waals surface area contributed by atoms with Gasteiger partial charge in [-0.2, -0.15) is 5.10 Å². The Morgan fingerprint density at radius 2 is 1.82 bits per heavy atom. The molecule has 0 amide bonds. The van der Waals surface area contributed by atoms with Crippen molar-refractivity contribution in [3.63, 3.8) is 0 Å². The Morgan fingerprint density at radius 3 is 2.55 bits per heavy atom. The van der Waals surface area contributed by atoms with E-state index in [1.54, 1.807) is 55.5 Å². The van der Waals surface area contributed by atoms with E-state index in [0.717, 1.165) is 0 Å². The molecule has 6 nitrogen and oxygen atoms in total. The molecule has 0 aliphatic rings. The van der Waals surface area contributed by atoms with Gasteiger partial charge in [0, 0.05) is 11.6 Å². The number of nitrogens with zero attached hydrogens (tertiary/aromatic N) is 3. The molecular weight excluding hydrogens is 282 g/mol. The maximum Gasteiger partial charge on any atom is 0.294 e. The van der Waals surface area contributed by atoms with Gasteiger partial charge in [-0.15, -0.1) is 0 Å². The van der Waals surface area contributed by atoms with Crippen LogP contribution in [0.5, 0.6) is 5.75 Å². The van der Waals surface area contributed by atoms with Crippen LogP contribution in [0.2, 0.25) is 0 Å². The smallest absolute Gasteiger partial charge is 0.294 e. The summed E-state index contributed by atoms with van der Waals surface area (Å²) in [6, 6.07) is 15.0. The van der Waals surface area contributed by atoms with Crippen molar-refractivity contribution in [2.75, 3.05) is 0 Å². The largest absolute Gasteiger partial charge is 0.507 e. The summed E-state index contributed by atoms with van der Waals surface area (Å²) in [4.78, 5) is 10.8. The Morgan fingerprint density at radius 1 is 1.14 bits per heavy atom. The Hall–Kier alpha value is -3.15. The lowest BCUT2D eigenvalue weighted by atomic mass is 10.1. The number of rotatable bonds is 3. The molecule has 0 aliphatic carbocycles. The highest BCUT2D eigenvalue weighted by Gasteiger charge is 2.19. The van der Waals surface area contributed by atoms with Crippen LogP contribution >= 0.6 is 0 Å². The van der Waals surface area contributed by atoms with Gasteiger partial charge in [0.05, 0.1) is 16.3 Å². The zero-order chi connectivity index (χ0) is 15.7. The first-order valence-corrected chi connectivity index (χ1v) is 6.67. The van der Waals surface area contributed by atoms with Gasteiger partial charge < -0.3 is 5.11 Å². The zero-order valence-corrected chi connectivity index (χ0v) is 11.8. The monoisotopic (exact) mass is 295 g/mol. The van der Waals surface area contributed by atoms with Crippen LogP contribution in [0.15, 0.2) is 54.6 Å². The molecule has 3 aromatic rings. The molecule has 0 atom stereocenters. The first kappa shape index (κ1) is 13.8. The van der Waals surface area contributed by atoms with E-state index in [9.17, 15) is 15.2 Å². The molecular formula is C16H13N3O3. The number of phenols is 1. The summed E-state index contributed by atoms with van der Waals surface area (Å²) in [5.41, 5.74) is 2.20. The lowest BCUT2D eigenvalue weighted by Crippen LogP contribution is -2.03. The highest BCUT2D eigenvalue weighted by atomic mass is 16.6. The molecule has 0 radical (unpaired) electrons. The van der Waals surface area contributed by atoms with E-state index in [-0.39, 0.29) is 11.4 Å². The minimum absolute atomic E-state index is 0.0396. The summed E-state index contributed by atoms with van der Waals surface area (Å²) in [5, 5.41) is 25.6. The van der Waals surface area contributed by atoms with Crippen molar-refractivity contribution in [1.82, 2.24) is 9.78 Å². The van der Waals surface area contributed by atoms with Crippen molar-refractivity contribution in [3.8, 4) is 22.7 Å². The predicted molar refractivity (Wildman–Crippen MR) is 82.1 cm³/mol. The van der Waals surface area contributed by atoms with E-state index in [0.29, 0.717) is 22.6 Å². The van der Waals surface area contributed by atoms with Gasteiger partial charge in [0.15, 0.2) is 0 Å². The molecule has 0 unspecified atom stereocenters. The van der Waals surface area contributed by atoms with Crippen molar-refractivity contribution < 1.29 is 10.0 Å². The molecule has 1 aromatic heterocycles. The number of nitro benzene ring substituents is 1. The standard InChI is InChI=1S/C16H13N3O3/c1-11-10-15(12-6-2-5-9-16(12)20)18(17-11)13-7-3-4-8-14(13)19(21)22/h2-10,20H,1H3. The van der Waals surface area contributed by atoms with Crippen LogP contribution in [-0.2, 0) is 0 Å². The van der Waals surface area contributed by atoms with Crippen molar-refractivity contribution in [3.05, 3.63) is 70.4 Å². The number of benzene rings is 2. The van der Waals surface area contributed by atoms with E-state index >= 15 is 0 Å². The van der Waals surface area contributed by atoms with Crippen LogP contribution in [0.25, 0.3) is 16.9 Å². The summed E-state index contributed by atoms with van der Waals surface area (Å²) in [5.74, 6) is 0.0993. The molecule has 0 bridgehead atoms. The fraction of sp³-hybridized carbons (Fsp3) is 0.0625. The summed E-state index contributed by atoms with van der Waals surface area (Å²) in [7, 11) is 0. The molecule has 3 rings (SSSR count). The topological polar surface area (TPSA) is 81.2 Å². The molecule has 0 saturated heterocycles. The Kier molecular flexibility index (Phi) is 3.34. The van der Waals surface area contributed by atoms with Gasteiger partial charge in [-0.3, -0.25) is 10.1 Å². The second kappa shape index (κ2) is 5.33. The Balaban J connectivity index is 2.27. The maximum absolute atomic E-state index is 11.2. The second-order valence-corrected chi connectivity index (χ2v) is 4.85. The maximum atomic E-state index is 11.2. The Labute approximate surface area is 126 Å². The molecule has 0 aliphatic heterocycles. The molecule has 22 heavy (non-hydrogen) atoms. The lowest BCUT2D eigenvalue weighted by molar-refractivity contribution is -0.384. The van der Waals surface area contributed by atoms with Gasteiger partial charge >= 0.3 is 0 Å². The number of aromatic hydroxyl groups is 1. The number of nitro groups is 1. The Bertz CT molecular complexity index is 855. The first-order chi connectivity index (χ1) is 10.6. The molecule has 110 valence electrons. The normalized spacial score (nSPS) is 10.6. The third kappa shape index (κ3) is 2.31. The summed E-state index contributed by atoms with van der Waals surface area (Å²) in [6.07, 6.45) is 0. The minimum atomic E-state index is -0.443. The van der Waals surface area contributed by atoms with Crippen LogP contribution in [0.4, 0.5) is 5.69 Å². The summed E-state index contributed by atoms with van der Waals surface area (Å²) >= 11 is 0. The SMILES string of the molecule is Cc1cc(-c2ccccc2O)n(-c2ccccc2[N+](=O)[O-])n1. The molecule has 1 heterocycles. The molecule has 6 heteroatoms. The van der Waals surface area contributed by atoms with Gasteiger partial charge in [0.1, 0.15) is 11.4 Å². The third-order valence-electron chi connectivity index (χ3n) is 3.32. The van der Waals surface area contributed by atoms with Gasteiger partial charge in [-0.05, 0) is 31.2 Å². The number of phenolic OH excluding ortho intramolecular Hbond substituents is 1. The van der Waals surface area contributed by atoms with Gasteiger partial charge in [-0.25, -0.2) is 4.68 Å². The van der Waals surface area contributed by atoms with Crippen molar-refractivity contribution in [2.45, 2.75) is 6.92 Å². The van der Waals surface area contributed by atoms with Gasteiger partial charge in [-0.1, -0.05) is 24.3 Å².